The fraction of sp³-hybridized carbons (Fsp3) is 0.333. The summed E-state index contributed by atoms with van der Waals surface area (Å²) in [6.45, 7) is 2.59. The van der Waals surface area contributed by atoms with Crippen LogP contribution in [0.25, 0.3) is 0 Å². The number of ether oxygens (including phenoxy) is 1. The number of amides is 2. The van der Waals surface area contributed by atoms with E-state index in [4.69, 9.17) is 16.3 Å². The lowest BCUT2D eigenvalue weighted by Gasteiger charge is -2.32. The second-order valence-electron chi connectivity index (χ2n) is 9.36. The summed E-state index contributed by atoms with van der Waals surface area (Å²) in [6, 6.07) is 23.1. The van der Waals surface area contributed by atoms with Gasteiger partial charge in [0, 0.05) is 32.5 Å². The molecule has 0 aliphatic rings. The number of hydrogen-bond donors (Lipinski definition) is 1. The van der Waals surface area contributed by atoms with Gasteiger partial charge in [-0.05, 0) is 42.7 Å². The molecule has 0 fully saturated rings. The van der Waals surface area contributed by atoms with E-state index in [0.29, 0.717) is 24.4 Å². The highest BCUT2D eigenvalue weighted by molar-refractivity contribution is 7.92. The number of rotatable bonds is 14. The molecule has 1 N–H and O–H groups in total. The van der Waals surface area contributed by atoms with Crippen LogP contribution in [0.5, 0.6) is 5.75 Å². The van der Waals surface area contributed by atoms with E-state index in [1.807, 2.05) is 67.6 Å². The van der Waals surface area contributed by atoms with Crippen LogP contribution in [0, 0.1) is 0 Å². The van der Waals surface area contributed by atoms with Crippen molar-refractivity contribution in [2.24, 2.45) is 0 Å². The van der Waals surface area contributed by atoms with E-state index in [-0.39, 0.29) is 42.8 Å². The molecule has 214 valence electrons. The van der Waals surface area contributed by atoms with Gasteiger partial charge in [-0.25, -0.2) is 8.42 Å². The molecule has 0 heterocycles. The third-order valence-corrected chi connectivity index (χ3v) is 7.88. The van der Waals surface area contributed by atoms with Crippen LogP contribution in [0.15, 0.2) is 78.9 Å². The molecule has 0 aliphatic heterocycles. The van der Waals surface area contributed by atoms with Crippen LogP contribution in [0.4, 0.5) is 5.69 Å². The van der Waals surface area contributed by atoms with Crippen molar-refractivity contribution in [1.82, 2.24) is 10.2 Å². The van der Waals surface area contributed by atoms with Crippen LogP contribution >= 0.6 is 11.6 Å². The van der Waals surface area contributed by atoms with Gasteiger partial charge >= 0.3 is 0 Å². The summed E-state index contributed by atoms with van der Waals surface area (Å²) >= 11 is 6.24. The van der Waals surface area contributed by atoms with Gasteiger partial charge < -0.3 is 15.0 Å². The largest absolute Gasteiger partial charge is 0.495 e. The van der Waals surface area contributed by atoms with E-state index in [0.717, 1.165) is 17.4 Å². The summed E-state index contributed by atoms with van der Waals surface area (Å²) in [4.78, 5) is 28.6. The molecule has 0 radical (unpaired) electrons. The first-order valence-electron chi connectivity index (χ1n) is 13.1. The Hall–Kier alpha value is -3.56. The second kappa shape index (κ2) is 14.7. The van der Waals surface area contributed by atoms with Crippen molar-refractivity contribution in [3.8, 4) is 5.75 Å². The highest BCUT2D eigenvalue weighted by Gasteiger charge is 2.30. The first kappa shape index (κ1) is 31.0. The molecule has 0 spiro atoms. The molecule has 40 heavy (non-hydrogen) atoms. The normalized spacial score (nSPS) is 11.9. The molecule has 0 unspecified atom stereocenters. The van der Waals surface area contributed by atoms with E-state index in [1.165, 1.54) is 17.5 Å². The number of carbonyl (C=O) groups excluding carboxylic acids is 2. The fourth-order valence-electron chi connectivity index (χ4n) is 4.44. The zero-order valence-corrected chi connectivity index (χ0v) is 24.6. The topological polar surface area (TPSA) is 96.0 Å². The number of sulfonamides is 1. The first-order valence-corrected chi connectivity index (χ1v) is 15.3. The number of methoxy groups -OCH3 is 1. The second-order valence-corrected chi connectivity index (χ2v) is 11.7. The number of hydrogen-bond acceptors (Lipinski definition) is 5. The average molecular weight is 586 g/mol. The van der Waals surface area contributed by atoms with Crippen molar-refractivity contribution >= 4 is 39.1 Å². The maximum Gasteiger partial charge on any atom is 0.243 e. The van der Waals surface area contributed by atoms with Crippen LogP contribution in [0.2, 0.25) is 5.02 Å². The van der Waals surface area contributed by atoms with Gasteiger partial charge in [0.2, 0.25) is 21.8 Å². The highest BCUT2D eigenvalue weighted by atomic mass is 35.5. The van der Waals surface area contributed by atoms with Crippen molar-refractivity contribution in [2.75, 3.05) is 30.8 Å². The van der Waals surface area contributed by atoms with Gasteiger partial charge in [0.15, 0.2) is 0 Å². The van der Waals surface area contributed by atoms with E-state index in [2.05, 4.69) is 5.32 Å². The minimum Gasteiger partial charge on any atom is -0.495 e. The van der Waals surface area contributed by atoms with E-state index in [9.17, 15) is 18.0 Å². The molecule has 10 heteroatoms. The standard InChI is InChI=1S/C30H36ClN3O5S/c1-4-32-30(36)27(20-23-12-7-5-8-13-23)33(22-24-14-9-6-10-15-24)29(35)16-11-19-34(40(3,37)38)25-17-18-28(39-2)26(31)21-25/h5-10,12-15,17-18,21,27H,4,11,16,19-20,22H2,1-3H3,(H,32,36)/t27-/m0/s1. The number of benzene rings is 3. The summed E-state index contributed by atoms with van der Waals surface area (Å²) in [5.74, 6) is -0.0427. The molecule has 0 saturated heterocycles. The number of anilines is 1. The molecular formula is C30H36ClN3O5S. The SMILES string of the molecule is CCNC(=O)[C@H](Cc1ccccc1)N(Cc1ccccc1)C(=O)CCCN(c1ccc(OC)c(Cl)c1)S(C)(=O)=O. The molecule has 2 amide bonds. The van der Waals surface area contributed by atoms with Gasteiger partial charge in [0.05, 0.1) is 24.1 Å². The van der Waals surface area contributed by atoms with Crippen LogP contribution < -0.4 is 14.4 Å². The van der Waals surface area contributed by atoms with Crippen molar-refractivity contribution in [1.29, 1.82) is 0 Å². The Kier molecular flexibility index (Phi) is 11.4. The fourth-order valence-corrected chi connectivity index (χ4v) is 5.65. The lowest BCUT2D eigenvalue weighted by Crippen LogP contribution is -2.50. The van der Waals surface area contributed by atoms with Crippen molar-refractivity contribution in [2.45, 2.75) is 38.8 Å². The minimum atomic E-state index is -3.65. The quantitative estimate of drug-likeness (QED) is 0.297. The number of nitrogens with zero attached hydrogens (tertiary/aromatic N) is 2. The summed E-state index contributed by atoms with van der Waals surface area (Å²) < 4.78 is 31.6. The third kappa shape index (κ3) is 8.72. The van der Waals surface area contributed by atoms with Crippen LogP contribution in [-0.2, 0) is 32.6 Å². The molecule has 0 aromatic heterocycles. The zero-order valence-electron chi connectivity index (χ0n) is 23.0. The number of carbonyl (C=O) groups is 2. The molecule has 3 rings (SSSR count). The highest BCUT2D eigenvalue weighted by Crippen LogP contribution is 2.30. The molecule has 0 aliphatic carbocycles. The predicted molar refractivity (Wildman–Crippen MR) is 159 cm³/mol. The Morgan fingerprint density at radius 2 is 1.60 bits per heavy atom. The maximum atomic E-state index is 13.7. The Labute approximate surface area is 241 Å². The Morgan fingerprint density at radius 1 is 0.975 bits per heavy atom. The third-order valence-electron chi connectivity index (χ3n) is 6.39. The number of nitrogens with one attached hydrogen (secondary N) is 1. The molecule has 1 atom stereocenters. The van der Waals surface area contributed by atoms with Gasteiger partial charge in [-0.1, -0.05) is 72.3 Å². The maximum absolute atomic E-state index is 13.7. The molecule has 3 aromatic rings. The Morgan fingerprint density at radius 3 is 2.15 bits per heavy atom. The lowest BCUT2D eigenvalue weighted by atomic mass is 10.0. The van der Waals surface area contributed by atoms with Crippen molar-refractivity contribution in [3.63, 3.8) is 0 Å². The van der Waals surface area contributed by atoms with Gasteiger partial charge in [0.1, 0.15) is 11.8 Å². The summed E-state index contributed by atoms with van der Waals surface area (Å²) in [5, 5.41) is 3.16. The summed E-state index contributed by atoms with van der Waals surface area (Å²) in [6.07, 6.45) is 1.76. The smallest absolute Gasteiger partial charge is 0.243 e. The average Bonchev–Trinajstić information content (AvgIpc) is 2.93. The van der Waals surface area contributed by atoms with Crippen molar-refractivity contribution in [3.05, 3.63) is 95.0 Å². The number of likely N-dealkylation sites (N-methyl/N-ethyl adjacent to an activating group) is 1. The van der Waals surface area contributed by atoms with Gasteiger partial charge in [-0.15, -0.1) is 0 Å². The first-order chi connectivity index (χ1) is 19.1. The van der Waals surface area contributed by atoms with Gasteiger partial charge in [0.25, 0.3) is 0 Å². The molecule has 8 nitrogen and oxygen atoms in total. The number of halogens is 1. The van der Waals surface area contributed by atoms with Crippen LogP contribution in [-0.4, -0.2) is 57.6 Å². The van der Waals surface area contributed by atoms with Gasteiger partial charge in [-0.3, -0.25) is 13.9 Å². The minimum absolute atomic E-state index is 0.0490. The van der Waals surface area contributed by atoms with Crippen LogP contribution in [0.1, 0.15) is 30.9 Å². The lowest BCUT2D eigenvalue weighted by molar-refractivity contribution is -0.141. The monoisotopic (exact) mass is 585 g/mol. The Balaban J connectivity index is 1.84. The zero-order chi connectivity index (χ0) is 29.1. The van der Waals surface area contributed by atoms with Crippen LogP contribution in [0.3, 0.4) is 0 Å². The molecule has 0 bridgehead atoms. The molecule has 0 saturated carbocycles. The summed E-state index contributed by atoms with van der Waals surface area (Å²) in [7, 11) is -2.17. The van der Waals surface area contributed by atoms with E-state index >= 15 is 0 Å². The Bertz CT molecular complexity index is 1370. The van der Waals surface area contributed by atoms with E-state index in [1.54, 1.807) is 17.0 Å². The van der Waals surface area contributed by atoms with Gasteiger partial charge in [-0.2, -0.15) is 0 Å². The predicted octanol–water partition coefficient (Wildman–Crippen LogP) is 4.67. The summed E-state index contributed by atoms with van der Waals surface area (Å²) in [5.41, 5.74) is 2.21. The molecule has 3 aromatic carbocycles. The van der Waals surface area contributed by atoms with E-state index < -0.39 is 16.1 Å². The molecular weight excluding hydrogens is 550 g/mol. The van der Waals surface area contributed by atoms with Crippen molar-refractivity contribution < 1.29 is 22.7 Å².